The highest BCUT2D eigenvalue weighted by Gasteiger charge is 2.37. The lowest BCUT2D eigenvalue weighted by Crippen LogP contribution is -2.58. The Hall–Kier alpha value is -2.14. The van der Waals surface area contributed by atoms with E-state index in [1.54, 1.807) is 0 Å². The maximum atomic E-state index is 12.9. The standard InChI is InChI=1S/C20H26N2O3/c1-13-7-6-8-16(9-13)19-21-17(15(3)25-19)10-18(23)22-11-14(2)24-12-20(22,4)5/h6-9,14H,10-12H2,1-5H3. The third kappa shape index (κ3) is 3.76. The van der Waals surface area contributed by atoms with Crippen LogP contribution in [0.3, 0.4) is 0 Å². The molecule has 1 aromatic heterocycles. The average molecular weight is 342 g/mol. The molecule has 1 fully saturated rings. The Kier molecular flexibility index (Phi) is 4.69. The topological polar surface area (TPSA) is 55.6 Å². The molecule has 0 spiro atoms. The largest absolute Gasteiger partial charge is 0.441 e. The van der Waals surface area contributed by atoms with Gasteiger partial charge in [0.1, 0.15) is 5.76 Å². The van der Waals surface area contributed by atoms with Crippen LogP contribution >= 0.6 is 0 Å². The van der Waals surface area contributed by atoms with Crippen molar-refractivity contribution in [3.63, 3.8) is 0 Å². The van der Waals surface area contributed by atoms with Crippen LogP contribution in [0.25, 0.3) is 11.5 Å². The minimum atomic E-state index is -0.305. The van der Waals surface area contributed by atoms with Gasteiger partial charge in [0.05, 0.1) is 30.4 Å². The van der Waals surface area contributed by atoms with E-state index in [0.29, 0.717) is 30.5 Å². The molecule has 1 atom stereocenters. The molecule has 1 aliphatic heterocycles. The lowest BCUT2D eigenvalue weighted by molar-refractivity contribution is -0.152. The number of ether oxygens (including phenoxy) is 1. The fourth-order valence-corrected chi connectivity index (χ4v) is 3.15. The van der Waals surface area contributed by atoms with Gasteiger partial charge in [-0.05, 0) is 46.8 Å². The number of aromatic nitrogens is 1. The van der Waals surface area contributed by atoms with Crippen LogP contribution in [0.4, 0.5) is 0 Å². The number of hydrogen-bond acceptors (Lipinski definition) is 4. The third-order valence-electron chi connectivity index (χ3n) is 4.67. The van der Waals surface area contributed by atoms with Gasteiger partial charge < -0.3 is 14.1 Å². The second-order valence-electron chi connectivity index (χ2n) is 7.51. The van der Waals surface area contributed by atoms with Gasteiger partial charge >= 0.3 is 0 Å². The molecule has 5 nitrogen and oxygen atoms in total. The highest BCUT2D eigenvalue weighted by atomic mass is 16.5. The summed E-state index contributed by atoms with van der Waals surface area (Å²) in [6, 6.07) is 8.01. The first-order valence-corrected chi connectivity index (χ1v) is 8.72. The van der Waals surface area contributed by atoms with Crippen LogP contribution in [0.15, 0.2) is 28.7 Å². The number of rotatable bonds is 3. The molecule has 0 bridgehead atoms. The number of hydrogen-bond donors (Lipinski definition) is 0. The average Bonchev–Trinajstić information content (AvgIpc) is 2.90. The van der Waals surface area contributed by atoms with Crippen molar-refractivity contribution in [3.8, 4) is 11.5 Å². The molecule has 1 saturated heterocycles. The molecule has 1 aromatic carbocycles. The molecule has 1 unspecified atom stereocenters. The predicted molar refractivity (Wildman–Crippen MR) is 96.3 cm³/mol. The lowest BCUT2D eigenvalue weighted by atomic mass is 10.00. The van der Waals surface area contributed by atoms with Gasteiger partial charge in [-0.25, -0.2) is 4.98 Å². The predicted octanol–water partition coefficient (Wildman–Crippen LogP) is 3.53. The van der Waals surface area contributed by atoms with Crippen molar-refractivity contribution in [2.45, 2.75) is 52.7 Å². The molecule has 134 valence electrons. The zero-order chi connectivity index (χ0) is 18.2. The number of nitrogens with zero attached hydrogens (tertiary/aromatic N) is 2. The summed E-state index contributed by atoms with van der Waals surface area (Å²) < 4.78 is 11.5. The molecule has 0 radical (unpaired) electrons. The van der Waals surface area contributed by atoms with Gasteiger partial charge in [-0.3, -0.25) is 4.79 Å². The molecule has 3 rings (SSSR count). The normalized spacial score (nSPS) is 19.9. The molecule has 0 aliphatic carbocycles. The zero-order valence-corrected chi connectivity index (χ0v) is 15.6. The van der Waals surface area contributed by atoms with E-state index in [2.05, 4.69) is 4.98 Å². The molecule has 2 heterocycles. The van der Waals surface area contributed by atoms with E-state index in [-0.39, 0.29) is 24.0 Å². The zero-order valence-electron chi connectivity index (χ0n) is 15.6. The summed E-state index contributed by atoms with van der Waals surface area (Å²) in [5.74, 6) is 1.33. The van der Waals surface area contributed by atoms with E-state index in [9.17, 15) is 4.79 Å². The van der Waals surface area contributed by atoms with Crippen LogP contribution in [-0.4, -0.2) is 40.6 Å². The van der Waals surface area contributed by atoms with E-state index in [0.717, 1.165) is 11.1 Å². The molecule has 25 heavy (non-hydrogen) atoms. The van der Waals surface area contributed by atoms with Crippen LogP contribution < -0.4 is 0 Å². The third-order valence-corrected chi connectivity index (χ3v) is 4.67. The number of morpholine rings is 1. The van der Waals surface area contributed by atoms with Gasteiger partial charge in [0.15, 0.2) is 0 Å². The Morgan fingerprint density at radius 1 is 1.36 bits per heavy atom. The molecule has 2 aromatic rings. The van der Waals surface area contributed by atoms with E-state index in [4.69, 9.17) is 9.15 Å². The van der Waals surface area contributed by atoms with Crippen LogP contribution in [0, 0.1) is 13.8 Å². The Labute approximate surface area is 149 Å². The maximum Gasteiger partial charge on any atom is 0.229 e. The summed E-state index contributed by atoms with van der Waals surface area (Å²) in [4.78, 5) is 19.4. The summed E-state index contributed by atoms with van der Waals surface area (Å²) >= 11 is 0. The molecule has 0 saturated carbocycles. The molecular weight excluding hydrogens is 316 g/mol. The van der Waals surface area contributed by atoms with Crippen molar-refractivity contribution >= 4 is 5.91 Å². The number of carbonyl (C=O) groups is 1. The SMILES string of the molecule is Cc1cccc(-c2nc(CC(=O)N3CC(C)OCC3(C)C)c(C)o2)c1. The number of benzene rings is 1. The number of oxazole rings is 1. The van der Waals surface area contributed by atoms with Gasteiger partial charge in [0.25, 0.3) is 0 Å². The van der Waals surface area contributed by atoms with Crippen molar-refractivity contribution in [2.75, 3.05) is 13.2 Å². The quantitative estimate of drug-likeness (QED) is 0.856. The van der Waals surface area contributed by atoms with Gasteiger partial charge in [0.2, 0.25) is 11.8 Å². The van der Waals surface area contributed by atoms with Gasteiger partial charge in [-0.1, -0.05) is 17.7 Å². The van der Waals surface area contributed by atoms with Crippen LogP contribution in [0.1, 0.15) is 37.8 Å². The summed E-state index contributed by atoms with van der Waals surface area (Å²) in [7, 11) is 0. The molecule has 1 amide bonds. The van der Waals surface area contributed by atoms with Crippen molar-refractivity contribution in [3.05, 3.63) is 41.3 Å². The van der Waals surface area contributed by atoms with E-state index < -0.39 is 0 Å². The van der Waals surface area contributed by atoms with Crippen molar-refractivity contribution < 1.29 is 13.9 Å². The fraction of sp³-hybridized carbons (Fsp3) is 0.500. The van der Waals surface area contributed by atoms with E-state index in [1.165, 1.54) is 0 Å². The second kappa shape index (κ2) is 6.64. The van der Waals surface area contributed by atoms with Gasteiger partial charge in [0, 0.05) is 12.1 Å². The Morgan fingerprint density at radius 3 is 2.84 bits per heavy atom. The fourth-order valence-electron chi connectivity index (χ4n) is 3.15. The Morgan fingerprint density at radius 2 is 2.12 bits per heavy atom. The molecular formula is C20H26N2O3. The number of amides is 1. The second-order valence-corrected chi connectivity index (χ2v) is 7.51. The highest BCUT2D eigenvalue weighted by molar-refractivity contribution is 5.79. The van der Waals surface area contributed by atoms with Gasteiger partial charge in [-0.15, -0.1) is 0 Å². The Balaban J connectivity index is 1.80. The Bertz CT molecular complexity index is 779. The molecule has 5 heteroatoms. The highest BCUT2D eigenvalue weighted by Crippen LogP contribution is 2.26. The first-order chi connectivity index (χ1) is 11.8. The number of carbonyl (C=O) groups excluding carboxylic acids is 1. The minimum Gasteiger partial charge on any atom is -0.441 e. The van der Waals surface area contributed by atoms with E-state index >= 15 is 0 Å². The lowest BCUT2D eigenvalue weighted by Gasteiger charge is -2.44. The van der Waals surface area contributed by atoms with Crippen LogP contribution in [0.5, 0.6) is 0 Å². The first kappa shape index (κ1) is 17.7. The summed E-state index contributed by atoms with van der Waals surface area (Å²) in [5, 5.41) is 0. The summed E-state index contributed by atoms with van der Waals surface area (Å²) in [6.45, 7) is 11.1. The molecule has 0 N–H and O–H groups in total. The summed E-state index contributed by atoms with van der Waals surface area (Å²) in [5.41, 5.74) is 2.48. The minimum absolute atomic E-state index is 0.0539. The first-order valence-electron chi connectivity index (χ1n) is 8.72. The molecule has 1 aliphatic rings. The smallest absolute Gasteiger partial charge is 0.229 e. The van der Waals surface area contributed by atoms with Crippen LogP contribution in [-0.2, 0) is 16.0 Å². The van der Waals surface area contributed by atoms with Gasteiger partial charge in [-0.2, -0.15) is 0 Å². The van der Waals surface area contributed by atoms with E-state index in [1.807, 2.05) is 63.8 Å². The summed E-state index contributed by atoms with van der Waals surface area (Å²) in [6.07, 6.45) is 0.301. The van der Waals surface area contributed by atoms with Crippen molar-refractivity contribution in [1.82, 2.24) is 9.88 Å². The van der Waals surface area contributed by atoms with Crippen molar-refractivity contribution in [2.24, 2.45) is 0 Å². The monoisotopic (exact) mass is 342 g/mol. The van der Waals surface area contributed by atoms with Crippen molar-refractivity contribution in [1.29, 1.82) is 0 Å². The maximum absolute atomic E-state index is 12.9. The number of aryl methyl sites for hydroxylation is 2. The van der Waals surface area contributed by atoms with Crippen LogP contribution in [0.2, 0.25) is 0 Å².